The van der Waals surface area contributed by atoms with E-state index in [1.165, 1.54) is 11.0 Å². The van der Waals surface area contributed by atoms with E-state index in [9.17, 15) is 14.2 Å². The number of anilines is 1. The summed E-state index contributed by atoms with van der Waals surface area (Å²) in [7, 11) is -4.54. The average molecular weight is 484 g/mol. The number of nitrogens with two attached hydrogens (primary N) is 1. The van der Waals surface area contributed by atoms with Gasteiger partial charge in [-0.15, -0.1) is 12.6 Å². The molecule has 1 aromatic carbocycles. The largest absolute Gasteiger partial charge is 0.478 e. The zero-order valence-corrected chi connectivity index (χ0v) is 19.2. The van der Waals surface area contributed by atoms with Gasteiger partial charge in [-0.05, 0) is 32.1 Å². The lowest BCUT2D eigenvalue weighted by Crippen LogP contribution is -2.32. The lowest BCUT2D eigenvalue weighted by Gasteiger charge is -2.25. The van der Waals surface area contributed by atoms with E-state index >= 15 is 0 Å². The number of carbonyl (C=O) groups is 2. The van der Waals surface area contributed by atoms with Gasteiger partial charge in [-0.1, -0.05) is 18.2 Å². The highest BCUT2D eigenvalue weighted by Crippen LogP contribution is 2.35. The lowest BCUT2D eigenvalue weighted by atomic mass is 10.2. The highest BCUT2D eigenvalue weighted by Gasteiger charge is 2.17. The molecule has 5 N–H and O–H groups in total. The van der Waals surface area contributed by atoms with E-state index in [0.29, 0.717) is 28.3 Å². The number of rotatable bonds is 9. The summed E-state index contributed by atoms with van der Waals surface area (Å²) in [6.07, 6.45) is 3.54. The van der Waals surface area contributed by atoms with Gasteiger partial charge in [0.15, 0.2) is 0 Å². The van der Waals surface area contributed by atoms with E-state index in [4.69, 9.17) is 20.6 Å². The van der Waals surface area contributed by atoms with Crippen molar-refractivity contribution < 1.29 is 33.6 Å². The summed E-state index contributed by atoms with van der Waals surface area (Å²) in [5.41, 5.74) is 6.71. The fourth-order valence-electron chi connectivity index (χ4n) is 2.24. The van der Waals surface area contributed by atoms with Gasteiger partial charge in [-0.3, -0.25) is 9.32 Å². The third-order valence-electron chi connectivity index (χ3n) is 3.99. The number of benzene rings is 1. The standard InChI is InChI=1S/C12H19N4O5PS.C7H6O2/c1-8(11(23)3-4-21-22(18,19)20)16(7-17)6-10-5-14-9(2)15-12(10)13;8-7(9)6-4-2-1-3-5-6/h3,5,7-8,23H,4,6H2,1-2H3,(H2,13,14,15)(H2,18,19,20);1-5H,(H,8,9). The molecular weight excluding hydrogens is 459 g/mol. The first kappa shape index (κ1) is 27.3. The van der Waals surface area contributed by atoms with Crippen molar-refractivity contribution in [2.24, 2.45) is 0 Å². The molecule has 0 radical (unpaired) electrons. The zero-order valence-electron chi connectivity index (χ0n) is 17.4. The topological polar surface area (TPSA) is 176 Å². The van der Waals surface area contributed by atoms with E-state index in [1.54, 1.807) is 50.4 Å². The molecule has 11 nitrogen and oxygen atoms in total. The number of carboxylic acids is 1. The Morgan fingerprint density at radius 1 is 1.34 bits per heavy atom. The Morgan fingerprint density at radius 3 is 2.44 bits per heavy atom. The molecule has 2 aromatic rings. The van der Waals surface area contributed by atoms with Crippen LogP contribution in [0.5, 0.6) is 0 Å². The second-order valence-electron chi connectivity index (χ2n) is 6.37. The molecule has 1 aromatic heterocycles. The molecule has 0 aliphatic heterocycles. The number of nitrogens with zero attached hydrogens (tertiary/aromatic N) is 3. The fourth-order valence-corrected chi connectivity index (χ4v) is 2.73. The minimum atomic E-state index is -4.54. The second-order valence-corrected chi connectivity index (χ2v) is 8.12. The number of aryl methyl sites for hydroxylation is 1. The van der Waals surface area contributed by atoms with E-state index in [1.807, 2.05) is 0 Å². The first-order chi connectivity index (χ1) is 14.9. The molecule has 0 aliphatic carbocycles. The maximum absolute atomic E-state index is 11.3. The van der Waals surface area contributed by atoms with Crippen LogP contribution in [-0.2, 0) is 20.4 Å². The van der Waals surface area contributed by atoms with Gasteiger partial charge in [0, 0.05) is 16.7 Å². The molecule has 1 atom stereocenters. The number of carboxylic acid groups (broad SMARTS) is 1. The van der Waals surface area contributed by atoms with Crippen LogP contribution in [0.15, 0.2) is 47.5 Å². The van der Waals surface area contributed by atoms with Gasteiger partial charge in [0.25, 0.3) is 0 Å². The number of phosphoric acid groups is 1. The van der Waals surface area contributed by atoms with Crippen molar-refractivity contribution in [1.82, 2.24) is 14.9 Å². The van der Waals surface area contributed by atoms with Gasteiger partial charge >= 0.3 is 13.8 Å². The lowest BCUT2D eigenvalue weighted by molar-refractivity contribution is -0.119. The number of thiol groups is 1. The van der Waals surface area contributed by atoms with Gasteiger partial charge < -0.3 is 25.5 Å². The molecule has 0 aliphatic rings. The van der Waals surface area contributed by atoms with E-state index in [-0.39, 0.29) is 19.0 Å². The number of hydrogen-bond donors (Lipinski definition) is 5. The van der Waals surface area contributed by atoms with E-state index in [0.717, 1.165) is 0 Å². The SMILES string of the molecule is Cc1ncc(CN(C=O)C(C)C(S)=CCOP(=O)(O)O)c(N)n1.O=C(O)c1ccccc1. The molecule has 0 fully saturated rings. The number of nitrogen functional groups attached to an aromatic ring is 1. The van der Waals surface area contributed by atoms with Crippen molar-refractivity contribution in [1.29, 1.82) is 0 Å². The van der Waals surface area contributed by atoms with Crippen LogP contribution >= 0.6 is 20.5 Å². The van der Waals surface area contributed by atoms with Crippen LogP contribution in [0.25, 0.3) is 0 Å². The van der Waals surface area contributed by atoms with E-state index in [2.05, 4.69) is 27.1 Å². The van der Waals surface area contributed by atoms with E-state index < -0.39 is 19.8 Å². The zero-order chi connectivity index (χ0) is 24.3. The number of phosphoric ester groups is 1. The predicted octanol–water partition coefficient (Wildman–Crippen LogP) is 2.02. The van der Waals surface area contributed by atoms with Crippen molar-refractivity contribution in [3.63, 3.8) is 0 Å². The van der Waals surface area contributed by atoms with Crippen molar-refractivity contribution in [2.45, 2.75) is 26.4 Å². The monoisotopic (exact) mass is 484 g/mol. The maximum Gasteiger partial charge on any atom is 0.469 e. The Hall–Kier alpha value is -2.76. The molecule has 1 amide bonds. The summed E-state index contributed by atoms with van der Waals surface area (Å²) in [4.78, 5) is 48.6. The predicted molar refractivity (Wildman–Crippen MR) is 121 cm³/mol. The Bertz CT molecular complexity index is 985. The van der Waals surface area contributed by atoms with Crippen molar-refractivity contribution in [3.8, 4) is 0 Å². The number of hydrogen-bond acceptors (Lipinski definition) is 8. The second kappa shape index (κ2) is 12.9. The minimum absolute atomic E-state index is 0.175. The fraction of sp³-hybridized carbons (Fsp3) is 0.263. The molecule has 1 heterocycles. The molecule has 174 valence electrons. The highest BCUT2D eigenvalue weighted by atomic mass is 32.1. The highest BCUT2D eigenvalue weighted by molar-refractivity contribution is 7.84. The first-order valence-electron chi connectivity index (χ1n) is 9.11. The third-order valence-corrected chi connectivity index (χ3v) is 5.03. The molecule has 1 unspecified atom stereocenters. The van der Waals surface area contributed by atoms with Gasteiger partial charge in [0.2, 0.25) is 6.41 Å². The molecular formula is C19H25N4O7PS. The summed E-state index contributed by atoms with van der Waals surface area (Å²) in [6, 6.07) is 7.85. The van der Waals surface area contributed by atoms with Crippen LogP contribution in [0.2, 0.25) is 0 Å². The summed E-state index contributed by atoms with van der Waals surface area (Å²) in [5, 5.41) is 8.38. The molecule has 13 heteroatoms. The summed E-state index contributed by atoms with van der Waals surface area (Å²) < 4.78 is 14.9. The van der Waals surface area contributed by atoms with Crippen molar-refractivity contribution in [2.75, 3.05) is 12.3 Å². The normalized spacial score (nSPS) is 12.3. The number of aromatic carboxylic acids is 1. The van der Waals surface area contributed by atoms with Crippen LogP contribution in [0.3, 0.4) is 0 Å². The van der Waals surface area contributed by atoms with Gasteiger partial charge in [0.05, 0.1) is 24.8 Å². The molecule has 32 heavy (non-hydrogen) atoms. The van der Waals surface area contributed by atoms with Gasteiger partial charge in [0.1, 0.15) is 11.6 Å². The maximum atomic E-state index is 11.3. The number of aromatic nitrogens is 2. The molecule has 0 spiro atoms. The van der Waals surface area contributed by atoms with Crippen LogP contribution in [0.4, 0.5) is 5.82 Å². The Kier molecular flexibility index (Phi) is 11.0. The Morgan fingerprint density at radius 2 is 1.97 bits per heavy atom. The molecule has 0 saturated carbocycles. The van der Waals surface area contributed by atoms with Crippen molar-refractivity contribution >= 4 is 38.6 Å². The summed E-state index contributed by atoms with van der Waals surface area (Å²) >= 11 is 4.22. The quantitative estimate of drug-likeness (QED) is 0.201. The average Bonchev–Trinajstić information content (AvgIpc) is 2.73. The van der Waals surface area contributed by atoms with Gasteiger partial charge in [-0.2, -0.15) is 0 Å². The number of carbonyl (C=O) groups excluding carboxylic acids is 1. The summed E-state index contributed by atoms with van der Waals surface area (Å²) in [6.45, 7) is 3.26. The Labute approximate surface area is 190 Å². The minimum Gasteiger partial charge on any atom is -0.478 e. The Balaban J connectivity index is 0.000000471. The first-order valence-corrected chi connectivity index (χ1v) is 11.1. The van der Waals surface area contributed by atoms with Crippen LogP contribution in [-0.4, -0.2) is 54.8 Å². The molecule has 0 saturated heterocycles. The van der Waals surface area contributed by atoms with Gasteiger partial charge in [-0.25, -0.2) is 19.3 Å². The smallest absolute Gasteiger partial charge is 0.469 e. The molecule has 0 bridgehead atoms. The van der Waals surface area contributed by atoms with Crippen molar-refractivity contribution in [3.05, 3.63) is 64.5 Å². The molecule has 2 rings (SSSR count). The number of amides is 1. The van der Waals surface area contributed by atoms with Crippen LogP contribution in [0.1, 0.15) is 28.7 Å². The third kappa shape index (κ3) is 10.0. The summed E-state index contributed by atoms with van der Waals surface area (Å²) in [5.74, 6) is -0.0667. The van der Waals surface area contributed by atoms with Crippen LogP contribution in [0, 0.1) is 6.92 Å². The van der Waals surface area contributed by atoms with Crippen LogP contribution < -0.4 is 5.73 Å².